The third-order valence-electron chi connectivity index (χ3n) is 4.79. The third kappa shape index (κ3) is 4.38. The highest BCUT2D eigenvalue weighted by Gasteiger charge is 2.49. The first-order valence-electron chi connectivity index (χ1n) is 8.26. The Morgan fingerprint density at radius 3 is 2.85 bits per heavy atom. The van der Waals surface area contributed by atoms with Gasteiger partial charge in [0.15, 0.2) is 0 Å². The van der Waals surface area contributed by atoms with Crippen molar-refractivity contribution in [2.24, 2.45) is 5.92 Å². The molecular weight excluding hydrogens is 392 g/mol. The highest BCUT2D eigenvalue weighted by Crippen LogP contribution is 2.30. The maximum absolute atomic E-state index is 12.3. The van der Waals surface area contributed by atoms with E-state index in [0.29, 0.717) is 29.7 Å². The number of carbonyl (C=O) groups is 2. The summed E-state index contributed by atoms with van der Waals surface area (Å²) < 4.78 is 34.8. The SMILES string of the molecule is O=C(NOC[C@H]1C[C@@H](CCl)CN1)[C@@H]1CC[C@@H]2CN1C(=O)N2OS(=O)(=O)O. The Kier molecular flexibility index (Phi) is 5.89. The monoisotopic (exact) mass is 412 g/mol. The molecular formula is C13H21ClN4O7S. The molecule has 0 aromatic carbocycles. The van der Waals surface area contributed by atoms with Crippen LogP contribution >= 0.6 is 11.6 Å². The number of amides is 3. The molecule has 0 radical (unpaired) electrons. The molecule has 3 saturated heterocycles. The molecule has 0 saturated carbocycles. The number of nitrogens with one attached hydrogen (secondary N) is 2. The molecule has 3 fully saturated rings. The van der Waals surface area contributed by atoms with Crippen LogP contribution < -0.4 is 10.8 Å². The van der Waals surface area contributed by atoms with Gasteiger partial charge in [-0.05, 0) is 31.7 Å². The quantitative estimate of drug-likeness (QED) is 0.282. The molecule has 0 aromatic rings. The minimum atomic E-state index is -4.81. The summed E-state index contributed by atoms with van der Waals surface area (Å²) in [5.74, 6) is 0.461. The average Bonchev–Trinajstić information content (AvgIpc) is 3.13. The number of nitrogens with zero attached hydrogens (tertiary/aromatic N) is 2. The summed E-state index contributed by atoms with van der Waals surface area (Å²) in [6, 6.07) is -2.01. The summed E-state index contributed by atoms with van der Waals surface area (Å²) in [5.41, 5.74) is 2.35. The number of carbonyl (C=O) groups excluding carboxylic acids is 2. The summed E-state index contributed by atoms with van der Waals surface area (Å²) >= 11 is 5.81. The van der Waals surface area contributed by atoms with Crippen molar-refractivity contribution >= 4 is 33.9 Å². The van der Waals surface area contributed by atoms with Gasteiger partial charge in [-0.1, -0.05) is 0 Å². The summed E-state index contributed by atoms with van der Waals surface area (Å²) in [7, 11) is -4.81. The molecule has 3 N–H and O–H groups in total. The lowest BCUT2D eigenvalue weighted by Gasteiger charge is -2.29. The van der Waals surface area contributed by atoms with Gasteiger partial charge in [-0.15, -0.1) is 15.9 Å². The number of piperidine rings is 1. The highest BCUT2D eigenvalue weighted by molar-refractivity contribution is 7.80. The van der Waals surface area contributed by atoms with Gasteiger partial charge in [0.2, 0.25) is 0 Å². The normalized spacial score (nSPS) is 31.5. The van der Waals surface area contributed by atoms with Crippen LogP contribution in [0.5, 0.6) is 0 Å². The van der Waals surface area contributed by atoms with Crippen LogP contribution in [0, 0.1) is 5.92 Å². The van der Waals surface area contributed by atoms with Gasteiger partial charge >= 0.3 is 16.4 Å². The molecule has 3 amide bonds. The second-order valence-corrected chi connectivity index (χ2v) is 7.96. The Morgan fingerprint density at radius 2 is 2.19 bits per heavy atom. The zero-order valence-corrected chi connectivity index (χ0v) is 15.4. The molecule has 3 aliphatic heterocycles. The summed E-state index contributed by atoms with van der Waals surface area (Å²) in [6.07, 6.45) is 1.54. The van der Waals surface area contributed by atoms with Crippen LogP contribution in [0.25, 0.3) is 0 Å². The fourth-order valence-electron chi connectivity index (χ4n) is 3.53. The number of alkyl halides is 1. The highest BCUT2D eigenvalue weighted by atomic mass is 35.5. The van der Waals surface area contributed by atoms with E-state index in [1.54, 1.807) is 0 Å². The Bertz CT molecular complexity index is 663. The molecule has 13 heteroatoms. The maximum atomic E-state index is 12.3. The smallest absolute Gasteiger partial charge is 0.311 e. The van der Waals surface area contributed by atoms with E-state index in [1.165, 1.54) is 4.90 Å². The van der Waals surface area contributed by atoms with Crippen LogP contribution in [0.15, 0.2) is 0 Å². The Balaban J connectivity index is 1.49. The topological polar surface area (TPSA) is 138 Å². The number of rotatable bonds is 7. The van der Waals surface area contributed by atoms with Gasteiger partial charge < -0.3 is 10.2 Å². The molecule has 148 valence electrons. The van der Waals surface area contributed by atoms with Crippen molar-refractivity contribution in [3.63, 3.8) is 0 Å². The number of halogens is 1. The van der Waals surface area contributed by atoms with Crippen molar-refractivity contribution in [3.05, 3.63) is 0 Å². The Labute approximate surface area is 155 Å². The van der Waals surface area contributed by atoms with Gasteiger partial charge in [0.1, 0.15) is 6.04 Å². The van der Waals surface area contributed by atoms with Crippen LogP contribution in [0.3, 0.4) is 0 Å². The standard InChI is InChI=1S/C13H21ClN4O7S/c14-4-8-3-9(15-5-8)7-24-16-12(19)11-2-1-10-6-17(11)13(20)18(10)25-26(21,22)23/h8-11,15H,1-7H2,(H,16,19)(H,21,22,23)/t8-,9+,10+,11-/m0/s1. The third-order valence-corrected chi connectivity index (χ3v) is 5.57. The minimum Gasteiger partial charge on any atom is -0.311 e. The fourth-order valence-corrected chi connectivity index (χ4v) is 4.16. The van der Waals surface area contributed by atoms with Gasteiger partial charge in [0.05, 0.1) is 12.6 Å². The van der Waals surface area contributed by atoms with E-state index in [9.17, 15) is 18.0 Å². The molecule has 0 unspecified atom stereocenters. The van der Waals surface area contributed by atoms with Crippen molar-refractivity contribution in [1.82, 2.24) is 20.8 Å². The van der Waals surface area contributed by atoms with Gasteiger partial charge in [0.25, 0.3) is 5.91 Å². The van der Waals surface area contributed by atoms with Gasteiger partial charge in [-0.2, -0.15) is 13.5 Å². The van der Waals surface area contributed by atoms with Crippen LogP contribution in [-0.4, -0.2) is 78.6 Å². The molecule has 2 bridgehead atoms. The van der Waals surface area contributed by atoms with Crippen molar-refractivity contribution in [2.45, 2.75) is 37.4 Å². The summed E-state index contributed by atoms with van der Waals surface area (Å²) in [4.78, 5) is 31.0. The molecule has 11 nitrogen and oxygen atoms in total. The predicted molar refractivity (Wildman–Crippen MR) is 88.1 cm³/mol. The number of fused-ring (bicyclic) bond motifs is 2. The number of hydrogen-bond acceptors (Lipinski definition) is 7. The van der Waals surface area contributed by atoms with E-state index in [-0.39, 0.29) is 19.2 Å². The van der Waals surface area contributed by atoms with Crippen molar-refractivity contribution < 1.29 is 31.7 Å². The van der Waals surface area contributed by atoms with E-state index in [2.05, 4.69) is 15.1 Å². The molecule has 3 rings (SSSR count). The molecule has 3 aliphatic rings. The van der Waals surface area contributed by atoms with Crippen molar-refractivity contribution in [2.75, 3.05) is 25.6 Å². The lowest BCUT2D eigenvalue weighted by atomic mass is 10.0. The Hall–Kier alpha value is -1.18. The van der Waals surface area contributed by atoms with Gasteiger partial charge in [-0.3, -0.25) is 14.2 Å². The second kappa shape index (κ2) is 7.82. The van der Waals surface area contributed by atoms with Crippen LogP contribution in [0.1, 0.15) is 19.3 Å². The van der Waals surface area contributed by atoms with E-state index in [1.807, 2.05) is 0 Å². The minimum absolute atomic E-state index is 0.0989. The average molecular weight is 413 g/mol. The van der Waals surface area contributed by atoms with E-state index >= 15 is 0 Å². The lowest BCUT2D eigenvalue weighted by Crippen LogP contribution is -2.50. The van der Waals surface area contributed by atoms with E-state index in [4.69, 9.17) is 21.0 Å². The first-order valence-corrected chi connectivity index (χ1v) is 10.2. The maximum Gasteiger partial charge on any atom is 0.418 e. The van der Waals surface area contributed by atoms with Gasteiger partial charge in [0, 0.05) is 18.5 Å². The molecule has 0 aromatic heterocycles. The molecule has 0 aliphatic carbocycles. The number of hydrogen-bond donors (Lipinski definition) is 3. The van der Waals surface area contributed by atoms with Crippen molar-refractivity contribution in [3.8, 4) is 0 Å². The summed E-state index contributed by atoms with van der Waals surface area (Å²) in [6.45, 7) is 1.22. The van der Waals surface area contributed by atoms with Crippen LogP contribution in [0.2, 0.25) is 0 Å². The first kappa shape index (κ1) is 19.6. The van der Waals surface area contributed by atoms with Gasteiger partial charge in [-0.25, -0.2) is 10.3 Å². The molecule has 3 heterocycles. The zero-order chi connectivity index (χ0) is 18.9. The number of urea groups is 1. The van der Waals surface area contributed by atoms with Crippen molar-refractivity contribution in [1.29, 1.82) is 0 Å². The Morgan fingerprint density at radius 1 is 1.42 bits per heavy atom. The first-order chi connectivity index (χ1) is 12.3. The van der Waals surface area contributed by atoms with Crippen LogP contribution in [-0.2, 0) is 24.3 Å². The molecule has 4 atom stereocenters. The molecule has 0 spiro atoms. The van der Waals surface area contributed by atoms with E-state index < -0.39 is 34.4 Å². The predicted octanol–water partition coefficient (Wildman–Crippen LogP) is -0.746. The van der Waals surface area contributed by atoms with Crippen LogP contribution in [0.4, 0.5) is 4.79 Å². The second-order valence-electron chi connectivity index (χ2n) is 6.65. The number of hydroxylamine groups is 3. The zero-order valence-electron chi connectivity index (χ0n) is 13.8. The van der Waals surface area contributed by atoms with E-state index in [0.717, 1.165) is 13.0 Å². The lowest BCUT2D eigenvalue weighted by molar-refractivity contribution is -0.139. The largest absolute Gasteiger partial charge is 0.418 e. The molecule has 26 heavy (non-hydrogen) atoms. The summed E-state index contributed by atoms with van der Waals surface area (Å²) in [5, 5.41) is 3.84. The fraction of sp³-hybridized carbons (Fsp3) is 0.846.